The van der Waals surface area contributed by atoms with E-state index in [1.165, 1.54) is 0 Å². The summed E-state index contributed by atoms with van der Waals surface area (Å²) in [4.78, 5) is 21.8. The van der Waals surface area contributed by atoms with E-state index in [1.54, 1.807) is 6.92 Å². The lowest BCUT2D eigenvalue weighted by Gasteiger charge is -2.27. The molecule has 5 nitrogen and oxygen atoms in total. The van der Waals surface area contributed by atoms with Crippen LogP contribution in [0.1, 0.15) is 40.5 Å². The molecule has 0 heterocycles. The molecule has 94 valence electrons. The standard InChI is InChI=1S/C11H23N3O2/c1-8(15)9(14-11(2,3)4)6-5-7-13-10(12)16/h9,14H,5-7H2,1-4H3,(H3,12,13,16)/t9-/m0/s1. The van der Waals surface area contributed by atoms with Crippen LogP contribution >= 0.6 is 0 Å². The Morgan fingerprint density at radius 3 is 2.25 bits per heavy atom. The maximum absolute atomic E-state index is 11.4. The Morgan fingerprint density at radius 2 is 1.88 bits per heavy atom. The van der Waals surface area contributed by atoms with E-state index in [1.807, 2.05) is 20.8 Å². The molecular weight excluding hydrogens is 206 g/mol. The zero-order valence-corrected chi connectivity index (χ0v) is 10.6. The second-order valence-corrected chi connectivity index (χ2v) is 4.99. The number of urea groups is 1. The first-order chi connectivity index (χ1) is 7.22. The van der Waals surface area contributed by atoms with Crippen LogP contribution in [0.15, 0.2) is 0 Å². The number of primary amides is 1. The highest BCUT2D eigenvalue weighted by Crippen LogP contribution is 2.06. The molecule has 0 aromatic carbocycles. The van der Waals surface area contributed by atoms with Crippen molar-refractivity contribution in [2.24, 2.45) is 5.73 Å². The summed E-state index contributed by atoms with van der Waals surface area (Å²) in [5.74, 6) is 0.119. The summed E-state index contributed by atoms with van der Waals surface area (Å²) in [6.07, 6.45) is 1.43. The predicted molar refractivity (Wildman–Crippen MR) is 64.2 cm³/mol. The molecule has 0 bridgehead atoms. The smallest absolute Gasteiger partial charge is 0.312 e. The Labute approximate surface area is 97.2 Å². The van der Waals surface area contributed by atoms with Gasteiger partial charge in [-0.2, -0.15) is 0 Å². The van der Waals surface area contributed by atoms with E-state index in [0.717, 1.165) is 6.42 Å². The second kappa shape index (κ2) is 6.48. The molecule has 0 aliphatic rings. The number of carbonyl (C=O) groups excluding carboxylic acids is 2. The fourth-order valence-electron chi connectivity index (χ4n) is 1.42. The molecule has 0 aromatic heterocycles. The molecule has 0 aromatic rings. The zero-order chi connectivity index (χ0) is 12.8. The van der Waals surface area contributed by atoms with Gasteiger partial charge in [0.05, 0.1) is 6.04 Å². The highest BCUT2D eigenvalue weighted by atomic mass is 16.2. The normalized spacial score (nSPS) is 13.2. The van der Waals surface area contributed by atoms with Crippen LogP contribution in [0.5, 0.6) is 0 Å². The number of hydrogen-bond acceptors (Lipinski definition) is 3. The Morgan fingerprint density at radius 1 is 1.31 bits per heavy atom. The van der Waals surface area contributed by atoms with E-state index in [4.69, 9.17) is 5.73 Å². The van der Waals surface area contributed by atoms with Crippen molar-refractivity contribution in [2.45, 2.75) is 52.1 Å². The average molecular weight is 229 g/mol. The summed E-state index contributed by atoms with van der Waals surface area (Å²) < 4.78 is 0. The molecule has 0 aliphatic carbocycles. The van der Waals surface area contributed by atoms with Crippen molar-refractivity contribution in [1.29, 1.82) is 0 Å². The van der Waals surface area contributed by atoms with Crippen LogP contribution < -0.4 is 16.4 Å². The second-order valence-electron chi connectivity index (χ2n) is 4.99. The zero-order valence-electron chi connectivity index (χ0n) is 10.6. The highest BCUT2D eigenvalue weighted by molar-refractivity contribution is 5.81. The molecule has 0 fully saturated rings. The Balaban J connectivity index is 3.96. The molecule has 0 unspecified atom stereocenters. The van der Waals surface area contributed by atoms with Crippen LogP contribution in [-0.4, -0.2) is 29.9 Å². The SMILES string of the molecule is CC(=O)[C@H](CCCNC(N)=O)NC(C)(C)C. The molecule has 2 amide bonds. The molecule has 0 saturated carbocycles. The molecule has 16 heavy (non-hydrogen) atoms. The van der Waals surface area contributed by atoms with Crippen molar-refractivity contribution >= 4 is 11.8 Å². The minimum atomic E-state index is -0.525. The molecule has 0 radical (unpaired) electrons. The van der Waals surface area contributed by atoms with Crippen LogP contribution in [0.4, 0.5) is 4.79 Å². The summed E-state index contributed by atoms with van der Waals surface area (Å²) in [6.45, 7) is 8.13. The van der Waals surface area contributed by atoms with Crippen LogP contribution in [0.3, 0.4) is 0 Å². The quantitative estimate of drug-likeness (QED) is 0.588. The fourth-order valence-corrected chi connectivity index (χ4v) is 1.42. The van der Waals surface area contributed by atoms with Gasteiger partial charge in [-0.05, 0) is 40.5 Å². The van der Waals surface area contributed by atoms with Gasteiger partial charge in [0.25, 0.3) is 0 Å². The van der Waals surface area contributed by atoms with Crippen LogP contribution in [0, 0.1) is 0 Å². The lowest BCUT2D eigenvalue weighted by molar-refractivity contribution is -0.119. The van der Waals surface area contributed by atoms with Gasteiger partial charge in [-0.1, -0.05) is 0 Å². The van der Waals surface area contributed by atoms with Gasteiger partial charge in [-0.25, -0.2) is 4.79 Å². The first kappa shape index (κ1) is 14.9. The molecule has 0 saturated heterocycles. The number of carbonyl (C=O) groups is 2. The van der Waals surface area contributed by atoms with Gasteiger partial charge in [0.2, 0.25) is 0 Å². The summed E-state index contributed by atoms with van der Waals surface area (Å²) >= 11 is 0. The fraction of sp³-hybridized carbons (Fsp3) is 0.818. The number of amides is 2. The molecule has 5 heteroatoms. The van der Waals surface area contributed by atoms with Crippen LogP contribution in [0.2, 0.25) is 0 Å². The Hall–Kier alpha value is -1.10. The van der Waals surface area contributed by atoms with E-state index in [0.29, 0.717) is 13.0 Å². The first-order valence-corrected chi connectivity index (χ1v) is 5.54. The summed E-state index contributed by atoms with van der Waals surface area (Å²) in [5, 5.41) is 5.75. The largest absolute Gasteiger partial charge is 0.352 e. The van der Waals surface area contributed by atoms with E-state index in [2.05, 4.69) is 10.6 Å². The van der Waals surface area contributed by atoms with E-state index in [-0.39, 0.29) is 17.4 Å². The topological polar surface area (TPSA) is 84.2 Å². The number of ketones is 1. The molecule has 0 spiro atoms. The van der Waals surface area contributed by atoms with Crippen molar-refractivity contribution in [1.82, 2.24) is 10.6 Å². The van der Waals surface area contributed by atoms with Crippen molar-refractivity contribution in [2.75, 3.05) is 6.54 Å². The summed E-state index contributed by atoms with van der Waals surface area (Å²) in [7, 11) is 0. The third-order valence-corrected chi connectivity index (χ3v) is 2.07. The lowest BCUT2D eigenvalue weighted by Crippen LogP contribution is -2.47. The van der Waals surface area contributed by atoms with E-state index in [9.17, 15) is 9.59 Å². The Kier molecular flexibility index (Phi) is 6.03. The number of hydrogen-bond donors (Lipinski definition) is 3. The highest BCUT2D eigenvalue weighted by Gasteiger charge is 2.20. The van der Waals surface area contributed by atoms with Gasteiger partial charge in [-0.3, -0.25) is 4.79 Å². The van der Waals surface area contributed by atoms with Gasteiger partial charge in [0, 0.05) is 12.1 Å². The third kappa shape index (κ3) is 8.23. The van der Waals surface area contributed by atoms with Crippen molar-refractivity contribution in [3.05, 3.63) is 0 Å². The average Bonchev–Trinajstić information content (AvgIpc) is 2.07. The third-order valence-electron chi connectivity index (χ3n) is 2.07. The van der Waals surface area contributed by atoms with Gasteiger partial charge in [-0.15, -0.1) is 0 Å². The number of Topliss-reactive ketones (excluding diaryl/α,β-unsaturated/α-hetero) is 1. The summed E-state index contributed by atoms with van der Waals surface area (Å²) in [6, 6.07) is -0.683. The van der Waals surface area contributed by atoms with Crippen molar-refractivity contribution < 1.29 is 9.59 Å². The molecule has 0 rings (SSSR count). The van der Waals surface area contributed by atoms with Gasteiger partial charge in [0.15, 0.2) is 0 Å². The van der Waals surface area contributed by atoms with Crippen molar-refractivity contribution in [3.8, 4) is 0 Å². The van der Waals surface area contributed by atoms with Gasteiger partial charge < -0.3 is 16.4 Å². The number of nitrogens with one attached hydrogen (secondary N) is 2. The van der Waals surface area contributed by atoms with Crippen LogP contribution in [-0.2, 0) is 4.79 Å². The van der Waals surface area contributed by atoms with E-state index >= 15 is 0 Å². The Bertz CT molecular complexity index is 246. The van der Waals surface area contributed by atoms with Gasteiger partial charge in [0.1, 0.15) is 5.78 Å². The lowest BCUT2D eigenvalue weighted by atomic mass is 10.0. The molecule has 1 atom stereocenters. The first-order valence-electron chi connectivity index (χ1n) is 5.54. The number of nitrogens with two attached hydrogens (primary N) is 1. The van der Waals surface area contributed by atoms with Gasteiger partial charge >= 0.3 is 6.03 Å². The number of rotatable bonds is 6. The molecule has 4 N–H and O–H groups in total. The minimum Gasteiger partial charge on any atom is -0.352 e. The van der Waals surface area contributed by atoms with E-state index < -0.39 is 6.03 Å². The maximum atomic E-state index is 11.4. The maximum Gasteiger partial charge on any atom is 0.312 e. The molecule has 0 aliphatic heterocycles. The predicted octanol–water partition coefficient (Wildman–Crippen LogP) is 0.781. The molecular formula is C11H23N3O2. The monoisotopic (exact) mass is 229 g/mol. The van der Waals surface area contributed by atoms with Crippen molar-refractivity contribution in [3.63, 3.8) is 0 Å². The minimum absolute atomic E-state index is 0.0898. The summed E-state index contributed by atoms with van der Waals surface area (Å²) in [5.41, 5.74) is 4.85. The van der Waals surface area contributed by atoms with Crippen LogP contribution in [0.25, 0.3) is 0 Å².